The molecule has 1 aliphatic heterocycles. The van der Waals surface area contributed by atoms with Crippen molar-refractivity contribution in [2.75, 3.05) is 13.1 Å². The lowest BCUT2D eigenvalue weighted by Crippen LogP contribution is -2.35. The fourth-order valence-electron chi connectivity index (χ4n) is 5.51. The Morgan fingerprint density at radius 1 is 1.00 bits per heavy atom. The number of fused-ring (bicyclic) bond motifs is 1. The molecule has 3 aliphatic rings. The van der Waals surface area contributed by atoms with Crippen molar-refractivity contribution in [3.8, 4) is 0 Å². The number of aromatic nitrogens is 1. The number of likely N-dealkylation sites (tertiary alicyclic amines) is 1. The third-order valence-electron chi connectivity index (χ3n) is 6.81. The van der Waals surface area contributed by atoms with Gasteiger partial charge in [0, 0.05) is 31.0 Å². The van der Waals surface area contributed by atoms with Gasteiger partial charge in [0.25, 0.3) is 0 Å². The summed E-state index contributed by atoms with van der Waals surface area (Å²) in [6.45, 7) is 4.91. The third kappa shape index (κ3) is 3.47. The molecule has 1 saturated heterocycles. The summed E-state index contributed by atoms with van der Waals surface area (Å²) in [6, 6.07) is 5.39. The Bertz CT molecular complexity index is 503. The molecule has 0 amide bonds. The highest BCUT2D eigenvalue weighted by molar-refractivity contribution is 5.13. The Kier molecular flexibility index (Phi) is 4.71. The van der Waals surface area contributed by atoms with Crippen molar-refractivity contribution in [2.24, 2.45) is 17.8 Å². The van der Waals surface area contributed by atoms with Crippen LogP contribution in [0.3, 0.4) is 0 Å². The normalized spacial score (nSPS) is 32.8. The highest BCUT2D eigenvalue weighted by Gasteiger charge is 2.42. The summed E-state index contributed by atoms with van der Waals surface area (Å²) in [4.78, 5) is 7.57. The van der Waals surface area contributed by atoms with E-state index in [4.69, 9.17) is 0 Å². The van der Waals surface area contributed by atoms with Gasteiger partial charge < -0.3 is 0 Å². The van der Waals surface area contributed by atoms with Gasteiger partial charge in [0.05, 0.1) is 0 Å². The van der Waals surface area contributed by atoms with E-state index in [1.165, 1.54) is 82.1 Å². The standard InChI is InChI=1S/C21H32N2/c1-16-10-11-19(22-13-16)12-17-6-5-7-18-14-23(15-21(17)18)20-8-3-2-4-9-20/h10-11,13,17-18,20-21H,2-9,12,14-15H2,1H3/t17-,18+,21+/m1/s1. The van der Waals surface area contributed by atoms with Gasteiger partial charge in [0.2, 0.25) is 0 Å². The Labute approximate surface area is 141 Å². The van der Waals surface area contributed by atoms with Gasteiger partial charge in [-0.05, 0) is 68.4 Å². The topological polar surface area (TPSA) is 16.1 Å². The first kappa shape index (κ1) is 15.6. The minimum Gasteiger partial charge on any atom is -0.300 e. The van der Waals surface area contributed by atoms with Crippen molar-refractivity contribution >= 4 is 0 Å². The second-order valence-corrected chi connectivity index (χ2v) is 8.39. The average molecular weight is 313 g/mol. The second kappa shape index (κ2) is 6.93. The minimum atomic E-state index is 0.873. The summed E-state index contributed by atoms with van der Waals surface area (Å²) in [5, 5.41) is 0. The van der Waals surface area contributed by atoms with Crippen LogP contribution >= 0.6 is 0 Å². The van der Waals surface area contributed by atoms with E-state index in [9.17, 15) is 0 Å². The maximum atomic E-state index is 4.68. The lowest BCUT2D eigenvalue weighted by atomic mass is 9.72. The summed E-state index contributed by atoms with van der Waals surface area (Å²) in [6.07, 6.45) is 14.9. The number of hydrogen-bond donors (Lipinski definition) is 0. The van der Waals surface area contributed by atoms with Crippen LogP contribution < -0.4 is 0 Å². The summed E-state index contributed by atoms with van der Waals surface area (Å²) >= 11 is 0. The Morgan fingerprint density at radius 2 is 1.87 bits per heavy atom. The summed E-state index contributed by atoms with van der Waals surface area (Å²) in [5.74, 6) is 2.78. The van der Waals surface area contributed by atoms with Crippen LogP contribution in [0.2, 0.25) is 0 Å². The van der Waals surface area contributed by atoms with E-state index in [1.54, 1.807) is 0 Å². The van der Waals surface area contributed by atoms with Crippen LogP contribution in [0.4, 0.5) is 0 Å². The first-order valence-corrected chi connectivity index (χ1v) is 9.95. The molecule has 2 heteroatoms. The SMILES string of the molecule is Cc1ccc(C[C@H]2CCC[C@H]3CN(C4CCCCC4)C[C@@H]23)nc1. The Hall–Kier alpha value is -0.890. The first-order chi connectivity index (χ1) is 11.3. The van der Waals surface area contributed by atoms with Gasteiger partial charge in [0.1, 0.15) is 0 Å². The zero-order valence-electron chi connectivity index (χ0n) is 14.7. The van der Waals surface area contributed by atoms with Crippen LogP contribution in [0, 0.1) is 24.7 Å². The fraction of sp³-hybridized carbons (Fsp3) is 0.762. The van der Waals surface area contributed by atoms with E-state index in [1.807, 2.05) is 6.20 Å². The van der Waals surface area contributed by atoms with E-state index in [-0.39, 0.29) is 0 Å². The molecule has 0 unspecified atom stereocenters. The van der Waals surface area contributed by atoms with Gasteiger partial charge in [-0.2, -0.15) is 0 Å². The van der Waals surface area contributed by atoms with Crippen LogP contribution in [0.5, 0.6) is 0 Å². The van der Waals surface area contributed by atoms with Crippen LogP contribution in [-0.4, -0.2) is 29.0 Å². The highest BCUT2D eigenvalue weighted by atomic mass is 15.2. The highest BCUT2D eigenvalue weighted by Crippen LogP contribution is 2.43. The number of nitrogens with zero attached hydrogens (tertiary/aromatic N) is 2. The number of pyridine rings is 1. The van der Waals surface area contributed by atoms with Crippen molar-refractivity contribution in [1.29, 1.82) is 0 Å². The molecule has 3 atom stereocenters. The predicted molar refractivity (Wildman–Crippen MR) is 95.4 cm³/mol. The fourth-order valence-corrected chi connectivity index (χ4v) is 5.51. The molecular weight excluding hydrogens is 280 g/mol. The van der Waals surface area contributed by atoms with Gasteiger partial charge in [-0.3, -0.25) is 9.88 Å². The van der Waals surface area contributed by atoms with Crippen LogP contribution in [-0.2, 0) is 6.42 Å². The van der Waals surface area contributed by atoms with Crippen molar-refractivity contribution in [2.45, 2.75) is 70.8 Å². The Balaban J connectivity index is 1.42. The van der Waals surface area contributed by atoms with E-state index in [0.717, 1.165) is 23.8 Å². The molecule has 126 valence electrons. The van der Waals surface area contributed by atoms with Crippen LogP contribution in [0.1, 0.15) is 62.6 Å². The molecule has 0 aromatic carbocycles. The van der Waals surface area contributed by atoms with Gasteiger partial charge in [-0.15, -0.1) is 0 Å². The molecular formula is C21H32N2. The van der Waals surface area contributed by atoms with Crippen molar-refractivity contribution < 1.29 is 0 Å². The van der Waals surface area contributed by atoms with Gasteiger partial charge >= 0.3 is 0 Å². The van der Waals surface area contributed by atoms with E-state index in [2.05, 4.69) is 28.9 Å². The maximum Gasteiger partial charge on any atom is 0.0406 e. The smallest absolute Gasteiger partial charge is 0.0406 e. The monoisotopic (exact) mass is 312 g/mol. The van der Waals surface area contributed by atoms with E-state index in [0.29, 0.717) is 0 Å². The van der Waals surface area contributed by atoms with Crippen molar-refractivity contribution in [3.05, 3.63) is 29.6 Å². The summed E-state index contributed by atoms with van der Waals surface area (Å²) in [7, 11) is 0. The lowest BCUT2D eigenvalue weighted by Gasteiger charge is -2.33. The van der Waals surface area contributed by atoms with Gasteiger partial charge in [0.15, 0.2) is 0 Å². The zero-order chi connectivity index (χ0) is 15.6. The van der Waals surface area contributed by atoms with Crippen molar-refractivity contribution in [1.82, 2.24) is 9.88 Å². The molecule has 2 saturated carbocycles. The quantitative estimate of drug-likeness (QED) is 0.810. The molecule has 2 heterocycles. The minimum absolute atomic E-state index is 0.873. The molecule has 3 fully saturated rings. The molecule has 2 nitrogen and oxygen atoms in total. The first-order valence-electron chi connectivity index (χ1n) is 9.95. The molecule has 0 spiro atoms. The zero-order valence-corrected chi connectivity index (χ0v) is 14.7. The molecule has 1 aromatic heterocycles. The van der Waals surface area contributed by atoms with Crippen LogP contribution in [0.15, 0.2) is 18.3 Å². The number of rotatable bonds is 3. The average Bonchev–Trinajstić information content (AvgIpc) is 3.03. The molecule has 1 aromatic rings. The lowest BCUT2D eigenvalue weighted by molar-refractivity contribution is 0.173. The predicted octanol–water partition coefficient (Wildman–Crippen LogP) is 4.61. The largest absolute Gasteiger partial charge is 0.300 e. The van der Waals surface area contributed by atoms with Crippen molar-refractivity contribution in [3.63, 3.8) is 0 Å². The second-order valence-electron chi connectivity index (χ2n) is 8.39. The van der Waals surface area contributed by atoms with E-state index >= 15 is 0 Å². The number of aryl methyl sites for hydroxylation is 1. The van der Waals surface area contributed by atoms with Gasteiger partial charge in [-0.1, -0.05) is 31.7 Å². The van der Waals surface area contributed by atoms with Gasteiger partial charge in [-0.25, -0.2) is 0 Å². The molecule has 0 radical (unpaired) electrons. The summed E-state index contributed by atoms with van der Waals surface area (Å²) < 4.78 is 0. The third-order valence-corrected chi connectivity index (χ3v) is 6.81. The van der Waals surface area contributed by atoms with E-state index < -0.39 is 0 Å². The molecule has 23 heavy (non-hydrogen) atoms. The molecule has 4 rings (SSSR count). The molecule has 2 aliphatic carbocycles. The maximum absolute atomic E-state index is 4.68. The molecule has 0 N–H and O–H groups in total. The van der Waals surface area contributed by atoms with Crippen LogP contribution in [0.25, 0.3) is 0 Å². The Morgan fingerprint density at radius 3 is 2.65 bits per heavy atom. The summed E-state index contributed by atoms with van der Waals surface area (Å²) in [5.41, 5.74) is 2.59. The molecule has 0 bridgehead atoms. The number of hydrogen-bond acceptors (Lipinski definition) is 2.